The minimum Gasteiger partial charge on any atom is -0.441 e. The summed E-state index contributed by atoms with van der Waals surface area (Å²) in [5.74, 6) is 0.816. The molecule has 1 saturated heterocycles. The van der Waals surface area contributed by atoms with Crippen LogP contribution >= 0.6 is 0 Å². The van der Waals surface area contributed by atoms with Crippen molar-refractivity contribution in [1.29, 1.82) is 0 Å². The Hall–Kier alpha value is -2.63. The number of oxazole rings is 1. The van der Waals surface area contributed by atoms with Crippen LogP contribution in [0.15, 0.2) is 34.7 Å². The number of carbonyl (C=O) groups is 2. The summed E-state index contributed by atoms with van der Waals surface area (Å²) in [7, 11) is 0. The van der Waals surface area contributed by atoms with Gasteiger partial charge in [-0.3, -0.25) is 9.59 Å². The molecule has 2 amide bonds. The van der Waals surface area contributed by atoms with Gasteiger partial charge in [-0.1, -0.05) is 18.2 Å². The number of aromatic nitrogens is 1. The Balaban J connectivity index is 1.66. The van der Waals surface area contributed by atoms with Gasteiger partial charge in [-0.2, -0.15) is 0 Å². The number of likely N-dealkylation sites (tertiary alicyclic amines) is 1. The first-order valence-corrected chi connectivity index (χ1v) is 8.14. The summed E-state index contributed by atoms with van der Waals surface area (Å²) in [6.07, 6.45) is 1.52. The lowest BCUT2D eigenvalue weighted by atomic mass is 10.0. The standard InChI is InChI=1S/C18H21N3O3/c1-12-16(20-18(24-12)14-6-4-3-5-7-14)17(23)19-15-8-10-21(11-9-15)13(2)22/h3-7,15H,8-11H2,1-2H3,(H,19,23). The van der Waals surface area contributed by atoms with E-state index < -0.39 is 0 Å². The molecule has 1 aromatic heterocycles. The molecule has 3 rings (SSSR count). The van der Waals surface area contributed by atoms with Crippen molar-refractivity contribution in [3.63, 3.8) is 0 Å². The minimum absolute atomic E-state index is 0.0596. The molecule has 0 spiro atoms. The molecule has 2 heterocycles. The van der Waals surface area contributed by atoms with Crippen molar-refractivity contribution >= 4 is 11.8 Å². The van der Waals surface area contributed by atoms with Gasteiger partial charge in [0.05, 0.1) is 0 Å². The fourth-order valence-corrected chi connectivity index (χ4v) is 2.90. The lowest BCUT2D eigenvalue weighted by Crippen LogP contribution is -2.46. The average Bonchev–Trinajstić information content (AvgIpc) is 2.98. The summed E-state index contributed by atoms with van der Waals surface area (Å²) in [5, 5.41) is 3.00. The van der Waals surface area contributed by atoms with Gasteiger partial charge < -0.3 is 14.6 Å². The van der Waals surface area contributed by atoms with Crippen molar-refractivity contribution in [3.05, 3.63) is 41.8 Å². The molecule has 0 radical (unpaired) electrons. The maximum absolute atomic E-state index is 12.5. The number of hydrogen-bond donors (Lipinski definition) is 1. The molecule has 6 nitrogen and oxygen atoms in total. The van der Waals surface area contributed by atoms with Crippen LogP contribution in [0.1, 0.15) is 36.0 Å². The molecule has 1 N–H and O–H groups in total. The normalized spacial score (nSPS) is 15.3. The fourth-order valence-electron chi connectivity index (χ4n) is 2.90. The van der Waals surface area contributed by atoms with Crippen molar-refractivity contribution in [3.8, 4) is 11.5 Å². The van der Waals surface area contributed by atoms with E-state index in [0.717, 1.165) is 18.4 Å². The number of aryl methyl sites for hydroxylation is 1. The highest BCUT2D eigenvalue weighted by Crippen LogP contribution is 2.21. The monoisotopic (exact) mass is 327 g/mol. The molecular formula is C18H21N3O3. The summed E-state index contributed by atoms with van der Waals surface area (Å²) >= 11 is 0. The summed E-state index contributed by atoms with van der Waals surface area (Å²) in [6.45, 7) is 4.66. The van der Waals surface area contributed by atoms with Gasteiger partial charge in [0.15, 0.2) is 5.69 Å². The van der Waals surface area contributed by atoms with Crippen LogP contribution in [-0.4, -0.2) is 40.8 Å². The van der Waals surface area contributed by atoms with Crippen LogP contribution < -0.4 is 5.32 Å². The first-order valence-electron chi connectivity index (χ1n) is 8.14. The Labute approximate surface area is 140 Å². The maximum atomic E-state index is 12.5. The molecular weight excluding hydrogens is 306 g/mol. The number of carbonyl (C=O) groups excluding carboxylic acids is 2. The second-order valence-electron chi connectivity index (χ2n) is 6.04. The zero-order valence-electron chi connectivity index (χ0n) is 13.9. The van der Waals surface area contributed by atoms with E-state index in [4.69, 9.17) is 4.42 Å². The Kier molecular flexibility index (Phi) is 4.64. The van der Waals surface area contributed by atoms with E-state index in [9.17, 15) is 9.59 Å². The number of nitrogens with zero attached hydrogens (tertiary/aromatic N) is 2. The van der Waals surface area contributed by atoms with Crippen LogP contribution in [0.4, 0.5) is 0 Å². The SMILES string of the molecule is CC(=O)N1CCC(NC(=O)c2nc(-c3ccccc3)oc2C)CC1. The van der Waals surface area contributed by atoms with E-state index in [0.29, 0.717) is 30.4 Å². The van der Waals surface area contributed by atoms with Gasteiger partial charge in [-0.05, 0) is 31.9 Å². The smallest absolute Gasteiger partial charge is 0.273 e. The Bertz CT molecular complexity index is 731. The number of piperidine rings is 1. The van der Waals surface area contributed by atoms with Gasteiger partial charge in [0.2, 0.25) is 11.8 Å². The second-order valence-corrected chi connectivity index (χ2v) is 6.04. The average molecular weight is 327 g/mol. The van der Waals surface area contributed by atoms with Gasteiger partial charge in [0.1, 0.15) is 5.76 Å². The molecule has 0 aliphatic carbocycles. The molecule has 1 aliphatic heterocycles. The Morgan fingerprint density at radius 3 is 2.50 bits per heavy atom. The zero-order chi connectivity index (χ0) is 17.1. The van der Waals surface area contributed by atoms with Gasteiger partial charge >= 0.3 is 0 Å². The second kappa shape index (κ2) is 6.86. The first kappa shape index (κ1) is 16.2. The van der Waals surface area contributed by atoms with Crippen LogP contribution in [0.5, 0.6) is 0 Å². The topological polar surface area (TPSA) is 75.4 Å². The van der Waals surface area contributed by atoms with E-state index in [1.807, 2.05) is 30.3 Å². The molecule has 2 aromatic rings. The predicted molar refractivity (Wildman–Crippen MR) is 89.4 cm³/mol. The van der Waals surface area contributed by atoms with Crippen LogP contribution in [-0.2, 0) is 4.79 Å². The van der Waals surface area contributed by atoms with Gasteiger partial charge in [-0.25, -0.2) is 4.98 Å². The van der Waals surface area contributed by atoms with Crippen molar-refractivity contribution in [2.45, 2.75) is 32.7 Å². The first-order chi connectivity index (χ1) is 11.5. The third kappa shape index (κ3) is 3.48. The van der Waals surface area contributed by atoms with E-state index in [-0.39, 0.29) is 17.9 Å². The molecule has 0 bridgehead atoms. The Morgan fingerprint density at radius 2 is 1.88 bits per heavy atom. The highest BCUT2D eigenvalue weighted by molar-refractivity contribution is 5.93. The molecule has 1 aliphatic rings. The van der Waals surface area contributed by atoms with E-state index in [1.165, 1.54) is 0 Å². The number of benzene rings is 1. The fraction of sp³-hybridized carbons (Fsp3) is 0.389. The number of hydrogen-bond acceptors (Lipinski definition) is 4. The lowest BCUT2D eigenvalue weighted by molar-refractivity contribution is -0.129. The van der Waals surface area contributed by atoms with Gasteiger partial charge in [0, 0.05) is 31.6 Å². The van der Waals surface area contributed by atoms with Crippen LogP contribution in [0.2, 0.25) is 0 Å². The van der Waals surface area contributed by atoms with Crippen molar-refractivity contribution in [2.24, 2.45) is 0 Å². The third-order valence-electron chi connectivity index (χ3n) is 4.31. The molecule has 126 valence electrons. The minimum atomic E-state index is -0.222. The highest BCUT2D eigenvalue weighted by atomic mass is 16.4. The largest absolute Gasteiger partial charge is 0.441 e. The molecule has 6 heteroatoms. The summed E-state index contributed by atoms with van der Waals surface area (Å²) < 4.78 is 5.63. The van der Waals surface area contributed by atoms with Crippen LogP contribution in [0.25, 0.3) is 11.5 Å². The quantitative estimate of drug-likeness (QED) is 0.939. The van der Waals surface area contributed by atoms with Crippen molar-refractivity contribution in [1.82, 2.24) is 15.2 Å². The van der Waals surface area contributed by atoms with E-state index in [2.05, 4.69) is 10.3 Å². The van der Waals surface area contributed by atoms with E-state index >= 15 is 0 Å². The zero-order valence-corrected chi connectivity index (χ0v) is 13.9. The van der Waals surface area contributed by atoms with Crippen LogP contribution in [0.3, 0.4) is 0 Å². The molecule has 0 unspecified atom stereocenters. The Morgan fingerprint density at radius 1 is 1.21 bits per heavy atom. The van der Waals surface area contributed by atoms with E-state index in [1.54, 1.807) is 18.7 Å². The molecule has 1 fully saturated rings. The molecule has 0 atom stereocenters. The maximum Gasteiger partial charge on any atom is 0.273 e. The molecule has 24 heavy (non-hydrogen) atoms. The van der Waals surface area contributed by atoms with Gasteiger partial charge in [0.25, 0.3) is 5.91 Å². The third-order valence-corrected chi connectivity index (χ3v) is 4.31. The summed E-state index contributed by atoms with van der Waals surface area (Å²) in [5.41, 5.74) is 1.16. The number of rotatable bonds is 3. The van der Waals surface area contributed by atoms with Gasteiger partial charge in [-0.15, -0.1) is 0 Å². The molecule has 1 aromatic carbocycles. The number of amides is 2. The summed E-state index contributed by atoms with van der Waals surface area (Å²) in [6, 6.07) is 9.56. The molecule has 0 saturated carbocycles. The highest BCUT2D eigenvalue weighted by Gasteiger charge is 2.25. The van der Waals surface area contributed by atoms with Crippen molar-refractivity contribution < 1.29 is 14.0 Å². The number of nitrogens with one attached hydrogen (secondary N) is 1. The predicted octanol–water partition coefficient (Wildman–Crippen LogP) is 2.39. The summed E-state index contributed by atoms with van der Waals surface area (Å²) in [4.78, 5) is 30.0. The van der Waals surface area contributed by atoms with Crippen LogP contribution in [0, 0.1) is 6.92 Å². The lowest BCUT2D eigenvalue weighted by Gasteiger charge is -2.31. The van der Waals surface area contributed by atoms with Crippen molar-refractivity contribution in [2.75, 3.05) is 13.1 Å².